The van der Waals surface area contributed by atoms with E-state index in [0.717, 1.165) is 12.1 Å². The number of hydrogen-bond acceptors (Lipinski definition) is 4. The molecule has 0 saturated carbocycles. The van der Waals surface area contributed by atoms with Crippen LogP contribution in [0, 0.1) is 0 Å². The summed E-state index contributed by atoms with van der Waals surface area (Å²) in [5.74, 6) is 0.410. The molecular weight excluding hydrogens is 271 g/mol. The lowest BCUT2D eigenvalue weighted by atomic mass is 10.2. The fourth-order valence-corrected chi connectivity index (χ4v) is 1.75. The van der Waals surface area contributed by atoms with Crippen molar-refractivity contribution >= 4 is 22.5 Å². The summed E-state index contributed by atoms with van der Waals surface area (Å²) in [6.45, 7) is 0. The second kappa shape index (κ2) is 4.52. The van der Waals surface area contributed by atoms with Crippen LogP contribution in [0.1, 0.15) is 5.56 Å². The Morgan fingerprint density at radius 2 is 1.80 bits per heavy atom. The minimum absolute atomic E-state index is 0.410. The second-order valence-electron chi connectivity index (χ2n) is 4.10. The molecule has 102 valence electrons. The average molecular weight is 279 g/mol. The zero-order chi connectivity index (χ0) is 14.2. The van der Waals surface area contributed by atoms with Crippen LogP contribution in [0.25, 0.3) is 11.0 Å². The van der Waals surface area contributed by atoms with Crippen LogP contribution in [0.2, 0.25) is 0 Å². The molecule has 0 fully saturated rings. The molecule has 0 aliphatic carbocycles. The summed E-state index contributed by atoms with van der Waals surface area (Å²) < 4.78 is 42.4. The van der Waals surface area contributed by atoms with Gasteiger partial charge >= 0.3 is 6.18 Å². The highest BCUT2D eigenvalue weighted by Crippen LogP contribution is 2.31. The topological polar surface area (TPSA) is 51.0 Å². The van der Waals surface area contributed by atoms with Gasteiger partial charge in [-0.1, -0.05) is 5.16 Å². The van der Waals surface area contributed by atoms with Crippen LogP contribution in [-0.4, -0.2) is 10.1 Å². The van der Waals surface area contributed by atoms with E-state index in [-0.39, 0.29) is 0 Å². The molecule has 20 heavy (non-hydrogen) atoms. The Morgan fingerprint density at radius 3 is 2.50 bits per heavy atom. The maximum absolute atomic E-state index is 12.4. The van der Waals surface area contributed by atoms with Crippen molar-refractivity contribution in [3.05, 3.63) is 48.3 Å². The Morgan fingerprint density at radius 1 is 1.05 bits per heavy atom. The Labute approximate surface area is 111 Å². The first-order chi connectivity index (χ1) is 9.54. The van der Waals surface area contributed by atoms with Crippen LogP contribution in [0.15, 0.2) is 47.2 Å². The van der Waals surface area contributed by atoms with Crippen molar-refractivity contribution in [1.29, 1.82) is 0 Å². The highest BCUT2D eigenvalue weighted by molar-refractivity contribution is 5.88. The number of fused-ring (bicyclic) bond motifs is 1. The minimum Gasteiger partial charge on any atom is -0.354 e. The van der Waals surface area contributed by atoms with Gasteiger partial charge in [-0.3, -0.25) is 4.98 Å². The van der Waals surface area contributed by atoms with Gasteiger partial charge in [0.1, 0.15) is 0 Å². The predicted octanol–water partition coefficient (Wildman–Crippen LogP) is 3.99. The van der Waals surface area contributed by atoms with Crippen LogP contribution >= 0.6 is 0 Å². The normalized spacial score (nSPS) is 11.8. The molecule has 0 saturated heterocycles. The molecule has 0 amide bonds. The van der Waals surface area contributed by atoms with Crippen molar-refractivity contribution in [2.75, 3.05) is 5.32 Å². The molecule has 0 bridgehead atoms. The lowest BCUT2D eigenvalue weighted by Crippen LogP contribution is -2.04. The smallest absolute Gasteiger partial charge is 0.354 e. The van der Waals surface area contributed by atoms with Crippen molar-refractivity contribution in [3.8, 4) is 0 Å². The predicted molar refractivity (Wildman–Crippen MR) is 66.5 cm³/mol. The molecule has 0 aliphatic rings. The number of nitrogens with one attached hydrogen (secondary N) is 1. The molecule has 2 heterocycles. The lowest BCUT2D eigenvalue weighted by Gasteiger charge is -2.07. The van der Waals surface area contributed by atoms with Crippen molar-refractivity contribution in [1.82, 2.24) is 10.1 Å². The van der Waals surface area contributed by atoms with E-state index < -0.39 is 11.7 Å². The van der Waals surface area contributed by atoms with Crippen LogP contribution in [0.4, 0.5) is 24.7 Å². The molecule has 0 atom stereocenters. The van der Waals surface area contributed by atoms with Gasteiger partial charge in [0.2, 0.25) is 0 Å². The highest BCUT2D eigenvalue weighted by Gasteiger charge is 2.29. The number of alkyl halides is 3. The molecule has 0 spiro atoms. The van der Waals surface area contributed by atoms with Gasteiger partial charge in [-0.15, -0.1) is 0 Å². The van der Waals surface area contributed by atoms with Gasteiger partial charge < -0.3 is 9.84 Å². The number of pyridine rings is 1. The van der Waals surface area contributed by atoms with E-state index in [0.29, 0.717) is 22.5 Å². The zero-order valence-corrected chi connectivity index (χ0v) is 9.98. The summed E-state index contributed by atoms with van der Waals surface area (Å²) in [4.78, 5) is 3.95. The van der Waals surface area contributed by atoms with Crippen LogP contribution < -0.4 is 5.32 Å². The van der Waals surface area contributed by atoms with Gasteiger partial charge in [-0.05, 0) is 24.3 Å². The molecule has 3 aromatic rings. The molecule has 7 heteroatoms. The summed E-state index contributed by atoms with van der Waals surface area (Å²) in [5.41, 5.74) is 0.334. The lowest BCUT2D eigenvalue weighted by molar-refractivity contribution is -0.137. The van der Waals surface area contributed by atoms with Crippen LogP contribution in [0.5, 0.6) is 0 Å². The van der Waals surface area contributed by atoms with Crippen molar-refractivity contribution in [3.63, 3.8) is 0 Å². The molecule has 0 aliphatic heterocycles. The third kappa shape index (κ3) is 2.29. The largest absolute Gasteiger partial charge is 0.416 e. The molecular formula is C13H8F3N3O. The van der Waals surface area contributed by atoms with E-state index in [2.05, 4.69) is 15.5 Å². The number of aromatic nitrogens is 2. The standard InChI is InChI=1S/C13H8F3N3O/c14-13(15,16)8-1-3-9(4-2-8)18-12-10-7-17-6-5-11(10)20-19-12/h1-7H,(H,18,19). The SMILES string of the molecule is FC(F)(F)c1ccc(Nc2noc3ccncc23)cc1. The van der Waals surface area contributed by atoms with Crippen molar-refractivity contribution < 1.29 is 17.7 Å². The van der Waals surface area contributed by atoms with E-state index in [1.54, 1.807) is 18.5 Å². The molecule has 3 rings (SSSR count). The number of halogens is 3. The quantitative estimate of drug-likeness (QED) is 0.770. The maximum Gasteiger partial charge on any atom is 0.416 e. The monoisotopic (exact) mass is 279 g/mol. The molecule has 0 unspecified atom stereocenters. The van der Waals surface area contributed by atoms with E-state index in [1.165, 1.54) is 12.1 Å². The summed E-state index contributed by atoms with van der Waals surface area (Å²) in [6.07, 6.45) is -1.21. The van der Waals surface area contributed by atoms with E-state index in [1.807, 2.05) is 0 Å². The van der Waals surface area contributed by atoms with Crippen LogP contribution in [-0.2, 0) is 6.18 Å². The second-order valence-corrected chi connectivity index (χ2v) is 4.10. The van der Waals surface area contributed by atoms with Gasteiger partial charge in [0.15, 0.2) is 11.4 Å². The first-order valence-corrected chi connectivity index (χ1v) is 5.68. The van der Waals surface area contributed by atoms with Gasteiger partial charge in [0.05, 0.1) is 10.9 Å². The fraction of sp³-hybridized carbons (Fsp3) is 0.0769. The number of rotatable bonds is 2. The summed E-state index contributed by atoms with van der Waals surface area (Å²) in [6, 6.07) is 6.32. The number of anilines is 2. The Balaban J connectivity index is 1.88. The van der Waals surface area contributed by atoms with Crippen LogP contribution in [0.3, 0.4) is 0 Å². The Kier molecular flexibility index (Phi) is 2.81. The van der Waals surface area contributed by atoms with E-state index >= 15 is 0 Å². The number of nitrogens with zero attached hydrogens (tertiary/aromatic N) is 2. The van der Waals surface area contributed by atoms with E-state index in [9.17, 15) is 13.2 Å². The fourth-order valence-electron chi connectivity index (χ4n) is 1.75. The van der Waals surface area contributed by atoms with Gasteiger partial charge in [-0.2, -0.15) is 13.2 Å². The molecule has 1 N–H and O–H groups in total. The molecule has 1 aromatic carbocycles. The maximum atomic E-state index is 12.4. The number of hydrogen-bond donors (Lipinski definition) is 1. The Bertz CT molecular complexity index is 734. The van der Waals surface area contributed by atoms with Gasteiger partial charge in [0, 0.05) is 24.1 Å². The third-order valence-electron chi connectivity index (χ3n) is 2.75. The summed E-state index contributed by atoms with van der Waals surface area (Å²) in [5, 5.41) is 7.37. The highest BCUT2D eigenvalue weighted by atomic mass is 19.4. The van der Waals surface area contributed by atoms with Crippen molar-refractivity contribution in [2.24, 2.45) is 0 Å². The zero-order valence-electron chi connectivity index (χ0n) is 9.98. The van der Waals surface area contributed by atoms with Gasteiger partial charge in [0.25, 0.3) is 0 Å². The summed E-state index contributed by atoms with van der Waals surface area (Å²) in [7, 11) is 0. The summed E-state index contributed by atoms with van der Waals surface area (Å²) >= 11 is 0. The van der Waals surface area contributed by atoms with Gasteiger partial charge in [-0.25, -0.2) is 0 Å². The first-order valence-electron chi connectivity index (χ1n) is 5.68. The molecule has 0 radical (unpaired) electrons. The molecule has 4 nitrogen and oxygen atoms in total. The van der Waals surface area contributed by atoms with Crippen molar-refractivity contribution in [2.45, 2.75) is 6.18 Å². The molecule has 2 aromatic heterocycles. The first kappa shape index (κ1) is 12.5. The minimum atomic E-state index is -4.34. The van der Waals surface area contributed by atoms with E-state index in [4.69, 9.17) is 4.52 Å². The Hall–Kier alpha value is -2.57. The third-order valence-corrected chi connectivity index (χ3v) is 2.75. The number of benzene rings is 1. The average Bonchev–Trinajstić information content (AvgIpc) is 2.82.